The Morgan fingerprint density at radius 2 is 0.966 bits per heavy atom. The summed E-state index contributed by atoms with van der Waals surface area (Å²) < 4.78 is 84.8. The van der Waals surface area contributed by atoms with Crippen LogP contribution in [0, 0.1) is 39.0 Å². The number of aliphatic hydroxyl groups is 1. The van der Waals surface area contributed by atoms with Crippen molar-refractivity contribution in [1.82, 2.24) is 30.2 Å². The molecule has 8 bridgehead atoms. The topological polar surface area (TPSA) is 319 Å². The van der Waals surface area contributed by atoms with Gasteiger partial charge in [0.25, 0.3) is 0 Å². The second-order valence-corrected chi connectivity index (χ2v) is 33.1. The number of aliphatic hydroxyl groups excluding tert-OH is 1. The smallest absolute Gasteiger partial charge is 0.331 e. The lowest BCUT2D eigenvalue weighted by atomic mass is 9.71. The van der Waals surface area contributed by atoms with Crippen LogP contribution in [0.15, 0.2) is 36.4 Å². The first-order chi connectivity index (χ1) is 54.4. The van der Waals surface area contributed by atoms with Gasteiger partial charge < -0.3 is 81.6 Å². The lowest BCUT2D eigenvalue weighted by Crippen LogP contribution is -2.70. The standard InChI is InChI=1S/C42H46N4O10S.C41H47N3O11S.3CH4/c1-8-52-29-13-22-9-10-44-42(24(22)14-28(29)50-6)17-57-40-32-31(39-38(54-18-55-39)20(3)37(32)56-21(4)47)27(16-53-41(42)49)46-26(15-43)25-12-23-11-19(2)36(51-7)35(48)30(23)33(34(40)46)45(25)5;1-8-51-27-13-21-9-10-42-41(23(21)14-26(27)49-6)16-56-38-30-29(37-36(53-17-54-37)19(3)35(30)55-20(4)45)25(15-52-40(41)48)44-32(38)31-28-22(12-24(39(44)47)43(31)5)11-18(2)34(50-7)33(28)46;;;/h11,13-14,25-27,33-34,40,44,48H,8-10,12,16-18H2,1-7H3;11,13-14,24-25,31-32,38-39,42,46-47H,8-10,12,15-17H2,1-7H3;3*1H4/t25-,26-,27-,33+,34?,40+,42+;24-,25-,31+,32?,38+,39-,41+;;;/m00.../s1. The van der Waals surface area contributed by atoms with E-state index in [2.05, 4.69) is 37.5 Å². The number of rotatable bonds is 10. The van der Waals surface area contributed by atoms with Crippen molar-refractivity contribution >= 4 is 47.4 Å². The monoisotopic (exact) mass is 1640 g/mol. The van der Waals surface area contributed by atoms with Crippen molar-refractivity contribution in [2.45, 2.75) is 186 Å². The number of phenols is 2. The van der Waals surface area contributed by atoms with Crippen LogP contribution in [0.4, 0.5) is 0 Å². The Morgan fingerprint density at radius 1 is 0.552 bits per heavy atom. The first-order valence-corrected chi connectivity index (χ1v) is 40.4. The third-order valence-corrected chi connectivity index (χ3v) is 28.2. The number of phenolic OH excluding ortho intramolecular Hbond substituents is 2. The molecule has 0 amide bonds. The highest BCUT2D eigenvalue weighted by atomic mass is 32.2. The second-order valence-electron chi connectivity index (χ2n) is 30.8. The molecule has 0 aromatic heterocycles. The first kappa shape index (κ1) is 83.2. The molecule has 2 unspecified atom stereocenters. The number of carbonyl (C=O) groups excluding carboxylic acids is 4. The molecule has 28 nitrogen and oxygen atoms in total. The van der Waals surface area contributed by atoms with Crippen LogP contribution in [0.5, 0.6) is 80.5 Å². The number of aryl methyl sites for hydroxylation is 2. The number of hydrogen-bond acceptors (Lipinski definition) is 30. The molecule has 14 atom stereocenters. The number of fused-ring (bicyclic) bond motifs is 18. The molecule has 2 spiro atoms. The zero-order valence-electron chi connectivity index (χ0n) is 65.5. The first-order valence-electron chi connectivity index (χ1n) is 38.3. The van der Waals surface area contributed by atoms with Crippen molar-refractivity contribution in [1.29, 1.82) is 5.26 Å². The fraction of sp³-hybridized carbons (Fsp3) is 0.523. The quantitative estimate of drug-likeness (QED) is 0.0628. The van der Waals surface area contributed by atoms with Crippen molar-refractivity contribution in [3.63, 3.8) is 0 Å². The second kappa shape index (κ2) is 31.5. The van der Waals surface area contributed by atoms with Gasteiger partial charge in [0.1, 0.15) is 37.0 Å². The van der Waals surface area contributed by atoms with Crippen LogP contribution in [-0.4, -0.2) is 202 Å². The molecule has 0 aliphatic carbocycles. The number of benzene rings is 6. The summed E-state index contributed by atoms with van der Waals surface area (Å²) in [4.78, 5) is 64.2. The van der Waals surface area contributed by atoms with Gasteiger partial charge in [0.2, 0.25) is 13.6 Å². The number of likely N-dealkylation sites (N-methyl/N-ethyl adjacent to an activating group) is 2. The van der Waals surface area contributed by atoms with Gasteiger partial charge in [0.05, 0.1) is 88.4 Å². The van der Waals surface area contributed by atoms with Gasteiger partial charge >= 0.3 is 23.9 Å². The van der Waals surface area contributed by atoms with E-state index in [-0.39, 0.29) is 84.2 Å². The highest BCUT2D eigenvalue weighted by Gasteiger charge is 2.65. The third kappa shape index (κ3) is 12.3. The van der Waals surface area contributed by atoms with Crippen LogP contribution in [0.3, 0.4) is 0 Å². The Balaban J connectivity index is 0.000000186. The van der Waals surface area contributed by atoms with E-state index in [1.165, 1.54) is 37.4 Å². The number of nitrogens with one attached hydrogen (secondary N) is 2. The number of hydrogen-bond donors (Lipinski definition) is 5. The zero-order valence-corrected chi connectivity index (χ0v) is 67.2. The molecule has 6 aromatic rings. The van der Waals surface area contributed by atoms with Crippen molar-refractivity contribution in [3.8, 4) is 86.6 Å². The fourth-order valence-corrected chi connectivity index (χ4v) is 24.1. The largest absolute Gasteiger partial charge is 0.504 e. The maximum absolute atomic E-state index is 14.9. The van der Waals surface area contributed by atoms with E-state index >= 15 is 0 Å². The Hall–Kier alpha value is -9.29. The van der Waals surface area contributed by atoms with E-state index in [0.717, 1.165) is 50.1 Å². The SMILES string of the molecule is C.C.C.CCOc1cc2c(cc1OC)[C@@]1(CS[C@@H]3c4c(OC(C)=O)c(C)c5c(c4[C@H](COC1=O)N1C3[C@H]3c4c(cc(C)c(OC)c4O)C[C@@H]([C@@H]1C#N)N3C)OCO5)NCC2.CCOc1cc2c(cc1OC)[C@@]1(CS[C@@H]3c4c(OC(C)=O)c(C)c5c(c4[C@H](COC1=O)N1C3[C@H]3c4c(cc(C)c(OC)c4O)C[C@@H]([C@@H]1O)N3C)OCO5)NCC2. The number of piperazine rings is 2. The Labute approximate surface area is 684 Å². The summed E-state index contributed by atoms with van der Waals surface area (Å²) in [6.07, 6.45) is 1.24. The molecule has 0 saturated carbocycles. The summed E-state index contributed by atoms with van der Waals surface area (Å²) in [5.41, 5.74) is 9.58. The molecular weight excluding hydrogens is 1530 g/mol. The van der Waals surface area contributed by atoms with Gasteiger partial charge in [-0.2, -0.15) is 5.26 Å². The maximum atomic E-state index is 14.9. The van der Waals surface area contributed by atoms with Gasteiger partial charge in [-0.1, -0.05) is 34.4 Å². The van der Waals surface area contributed by atoms with E-state index in [1.807, 2.05) is 90.9 Å². The summed E-state index contributed by atoms with van der Waals surface area (Å²) in [6, 6.07) is 9.57. The van der Waals surface area contributed by atoms with Crippen LogP contribution in [0.2, 0.25) is 0 Å². The van der Waals surface area contributed by atoms with Gasteiger partial charge in [-0.15, -0.1) is 23.5 Å². The molecule has 5 N–H and O–H groups in total. The van der Waals surface area contributed by atoms with Crippen molar-refractivity contribution in [3.05, 3.63) is 125 Å². The Morgan fingerprint density at radius 3 is 1.38 bits per heavy atom. The number of aromatic hydroxyl groups is 2. The lowest BCUT2D eigenvalue weighted by molar-refractivity contribution is -0.186. The number of methoxy groups -OCH3 is 4. The molecule has 14 aliphatic rings. The Bertz CT molecular complexity index is 5040. The van der Waals surface area contributed by atoms with Gasteiger partial charge in [0, 0.05) is 101 Å². The maximum Gasteiger partial charge on any atom is 0.331 e. The minimum absolute atomic E-state index is 0. The van der Waals surface area contributed by atoms with Gasteiger partial charge in [-0.3, -0.25) is 39.8 Å². The van der Waals surface area contributed by atoms with E-state index in [9.17, 15) is 39.8 Å². The average molecular weight is 1640 g/mol. The number of ether oxygens (including phenoxy) is 14. The summed E-state index contributed by atoms with van der Waals surface area (Å²) in [6.45, 7) is 15.5. The summed E-state index contributed by atoms with van der Waals surface area (Å²) in [7, 11) is 10.2. The molecule has 622 valence electrons. The highest BCUT2D eigenvalue weighted by Crippen LogP contribution is 2.68. The van der Waals surface area contributed by atoms with Gasteiger partial charge in [-0.25, -0.2) is 9.59 Å². The van der Waals surface area contributed by atoms with Crippen molar-refractivity contribution < 1.29 is 101 Å². The molecule has 20 rings (SSSR count). The third-order valence-electron chi connectivity index (χ3n) is 25.3. The van der Waals surface area contributed by atoms with E-state index in [4.69, 9.17) is 66.3 Å². The van der Waals surface area contributed by atoms with Crippen LogP contribution < -0.4 is 67.5 Å². The molecule has 4 saturated heterocycles. The number of nitriles is 1. The van der Waals surface area contributed by atoms with E-state index in [0.29, 0.717) is 160 Å². The molecule has 14 heterocycles. The predicted molar refractivity (Wildman–Crippen MR) is 432 cm³/mol. The molecule has 4 fully saturated rings. The normalized spacial score (nSPS) is 27.8. The van der Waals surface area contributed by atoms with Crippen LogP contribution >= 0.6 is 23.5 Å². The highest BCUT2D eigenvalue weighted by molar-refractivity contribution is 7.99. The van der Waals surface area contributed by atoms with E-state index in [1.54, 1.807) is 28.4 Å². The lowest BCUT2D eigenvalue weighted by Gasteiger charge is -2.62. The molecule has 116 heavy (non-hydrogen) atoms. The van der Waals surface area contributed by atoms with E-state index < -0.39 is 94.0 Å². The minimum Gasteiger partial charge on any atom is -0.504 e. The van der Waals surface area contributed by atoms with Crippen LogP contribution in [-0.2, 0) is 65.4 Å². The molecular formula is C86H105N7O21S2. The minimum atomic E-state index is -1.31. The summed E-state index contributed by atoms with van der Waals surface area (Å²) >= 11 is 3.03. The average Bonchev–Trinajstić information content (AvgIpc) is 1.66. The summed E-state index contributed by atoms with van der Waals surface area (Å²) in [5.74, 6) is 4.09. The molecule has 30 heteroatoms. The van der Waals surface area contributed by atoms with Crippen molar-refractivity contribution in [2.75, 3.05) is 107 Å². The number of nitrogens with zero attached hydrogens (tertiary/aromatic N) is 5. The van der Waals surface area contributed by atoms with Crippen LogP contribution in [0.25, 0.3) is 0 Å². The predicted octanol–water partition coefficient (Wildman–Crippen LogP) is 10.7. The molecule has 6 aromatic carbocycles. The number of carbonyl (C=O) groups is 4. The number of esters is 4. The summed E-state index contributed by atoms with van der Waals surface area (Å²) in [5, 5.41) is 54.0. The molecule has 0 radical (unpaired) electrons. The fourth-order valence-electron chi connectivity index (χ4n) is 20.7. The van der Waals surface area contributed by atoms with Crippen LogP contribution in [0.1, 0.15) is 174 Å². The van der Waals surface area contributed by atoms with Gasteiger partial charge in [-0.05, 0) is 150 Å². The van der Waals surface area contributed by atoms with Crippen molar-refractivity contribution in [2.24, 2.45) is 0 Å². The molecule has 14 aliphatic heterocycles. The Kier molecular flexibility index (Phi) is 22.6. The number of thioether (sulfide) groups is 2. The zero-order chi connectivity index (χ0) is 79.4. The van der Waals surface area contributed by atoms with Gasteiger partial charge in [0.15, 0.2) is 80.1 Å².